The molecule has 0 saturated carbocycles. The number of hydrogen-bond acceptors (Lipinski definition) is 5. The maximum absolute atomic E-state index is 12.5. The summed E-state index contributed by atoms with van der Waals surface area (Å²) in [7, 11) is 0. The highest BCUT2D eigenvalue weighted by molar-refractivity contribution is 5.76. The SMILES string of the molecule is CCCCCC/C=C\C/C=C\CCCCCCCCCC(=O)OCCCCCCCCCCCCCCCCCCCCCCCCCCCCCCCCCCCCCCCC(=O)NC(CO)C(O)/C=C/CCCCCCCCCCCCCCC. The molecule has 2 atom stereocenters. The van der Waals surface area contributed by atoms with Crippen LogP contribution in [0.4, 0.5) is 0 Å². The first-order valence-corrected chi connectivity index (χ1v) is 39.8. The Morgan fingerprint density at radius 3 is 0.885 bits per heavy atom. The van der Waals surface area contributed by atoms with E-state index in [1.165, 1.54) is 366 Å². The van der Waals surface area contributed by atoms with Crippen LogP contribution in [0.5, 0.6) is 0 Å². The molecule has 0 aromatic heterocycles. The van der Waals surface area contributed by atoms with Gasteiger partial charge >= 0.3 is 5.97 Å². The van der Waals surface area contributed by atoms with Gasteiger partial charge in [0.1, 0.15) is 0 Å². The molecule has 0 heterocycles. The van der Waals surface area contributed by atoms with E-state index in [1.54, 1.807) is 6.08 Å². The van der Waals surface area contributed by atoms with E-state index < -0.39 is 12.1 Å². The Morgan fingerprint density at radius 2 is 0.575 bits per heavy atom. The third kappa shape index (κ3) is 73.0. The van der Waals surface area contributed by atoms with Crippen LogP contribution < -0.4 is 5.32 Å². The van der Waals surface area contributed by atoms with Crippen molar-refractivity contribution in [3.05, 3.63) is 36.5 Å². The van der Waals surface area contributed by atoms with E-state index in [0.717, 1.165) is 51.4 Å². The lowest BCUT2D eigenvalue weighted by atomic mass is 10.0. The van der Waals surface area contributed by atoms with Crippen LogP contribution in [-0.2, 0) is 14.3 Å². The van der Waals surface area contributed by atoms with E-state index >= 15 is 0 Å². The Labute approximate surface area is 544 Å². The van der Waals surface area contributed by atoms with Crippen molar-refractivity contribution < 1.29 is 24.5 Å². The third-order valence-electron chi connectivity index (χ3n) is 18.7. The molecule has 0 saturated heterocycles. The van der Waals surface area contributed by atoms with Crippen LogP contribution in [-0.4, -0.2) is 47.4 Å². The van der Waals surface area contributed by atoms with Gasteiger partial charge in [-0.2, -0.15) is 0 Å². The minimum atomic E-state index is -0.840. The van der Waals surface area contributed by atoms with Gasteiger partial charge in [-0.1, -0.05) is 403 Å². The smallest absolute Gasteiger partial charge is 0.305 e. The van der Waals surface area contributed by atoms with Gasteiger partial charge in [-0.25, -0.2) is 0 Å². The maximum atomic E-state index is 12.5. The second kappa shape index (κ2) is 76.5. The van der Waals surface area contributed by atoms with Crippen molar-refractivity contribution in [3.8, 4) is 0 Å². The van der Waals surface area contributed by atoms with E-state index in [9.17, 15) is 19.8 Å². The fourth-order valence-electron chi connectivity index (χ4n) is 12.6. The van der Waals surface area contributed by atoms with Crippen molar-refractivity contribution in [1.29, 1.82) is 0 Å². The summed E-state index contributed by atoms with van der Waals surface area (Å²) >= 11 is 0. The predicted molar refractivity (Wildman–Crippen MR) is 384 cm³/mol. The quantitative estimate of drug-likeness (QED) is 0.0320. The average Bonchev–Trinajstić information content (AvgIpc) is 3.56. The molecule has 0 aromatic rings. The van der Waals surface area contributed by atoms with Gasteiger partial charge in [0.05, 0.1) is 25.4 Å². The van der Waals surface area contributed by atoms with Crippen molar-refractivity contribution in [1.82, 2.24) is 5.32 Å². The normalized spacial score (nSPS) is 12.6. The van der Waals surface area contributed by atoms with Gasteiger partial charge in [-0.3, -0.25) is 9.59 Å². The number of amides is 1. The zero-order chi connectivity index (χ0) is 62.8. The van der Waals surface area contributed by atoms with Crippen molar-refractivity contribution in [2.45, 2.75) is 456 Å². The standard InChI is InChI=1S/C81H155NO5/c1-3-5-7-9-11-13-15-17-19-20-43-47-51-55-59-63-67-71-75-81(86)87-76-72-68-64-60-56-52-48-44-41-39-37-35-33-31-29-27-25-23-21-22-24-26-28-30-32-34-36-38-40-42-46-50-54-58-62-66-70-74-80(85)82-78(77-83)79(84)73-69-65-61-57-53-49-45-18-16-14-12-10-8-6-4-2/h13,15,19-20,69,73,78-79,83-84H,3-12,14,16-18,21-68,70-72,74-77H2,1-2H3,(H,82,85)/b15-13-,20-19-,73-69+. The molecule has 0 aromatic carbocycles. The minimum Gasteiger partial charge on any atom is -0.466 e. The number of ether oxygens (including phenoxy) is 1. The molecule has 0 aliphatic heterocycles. The fraction of sp³-hybridized carbons (Fsp3) is 0.901. The molecule has 3 N–H and O–H groups in total. The number of carbonyl (C=O) groups excluding carboxylic acids is 2. The first-order valence-electron chi connectivity index (χ1n) is 39.8. The van der Waals surface area contributed by atoms with Crippen LogP contribution >= 0.6 is 0 Å². The van der Waals surface area contributed by atoms with Crippen molar-refractivity contribution in [2.24, 2.45) is 0 Å². The number of allylic oxidation sites excluding steroid dienone is 5. The lowest BCUT2D eigenvalue weighted by molar-refractivity contribution is -0.143. The zero-order valence-corrected chi connectivity index (χ0v) is 59.0. The molecule has 2 unspecified atom stereocenters. The van der Waals surface area contributed by atoms with Gasteiger partial charge in [0, 0.05) is 12.8 Å². The maximum Gasteiger partial charge on any atom is 0.305 e. The van der Waals surface area contributed by atoms with Crippen LogP contribution in [0.3, 0.4) is 0 Å². The van der Waals surface area contributed by atoms with Crippen molar-refractivity contribution in [3.63, 3.8) is 0 Å². The second-order valence-electron chi connectivity index (χ2n) is 27.4. The average molecular weight is 1220 g/mol. The Balaban J connectivity index is 3.30. The van der Waals surface area contributed by atoms with E-state index in [0.29, 0.717) is 19.4 Å². The summed E-state index contributed by atoms with van der Waals surface area (Å²) in [6, 6.07) is -0.623. The number of aliphatic hydroxyl groups is 2. The van der Waals surface area contributed by atoms with Crippen molar-refractivity contribution >= 4 is 11.9 Å². The first-order chi connectivity index (χ1) is 43.0. The summed E-state index contributed by atoms with van der Waals surface area (Å²) in [6.45, 7) is 4.92. The molecule has 0 rings (SSSR count). The molecule has 0 bridgehead atoms. The van der Waals surface area contributed by atoms with Gasteiger partial charge in [0.2, 0.25) is 5.91 Å². The molecule has 0 aliphatic rings. The zero-order valence-electron chi connectivity index (χ0n) is 59.0. The van der Waals surface area contributed by atoms with Crippen LogP contribution in [0.15, 0.2) is 36.5 Å². The van der Waals surface area contributed by atoms with Crippen LogP contribution in [0.25, 0.3) is 0 Å². The molecular formula is C81H155NO5. The van der Waals surface area contributed by atoms with E-state index in [1.807, 2.05) is 6.08 Å². The molecule has 87 heavy (non-hydrogen) atoms. The summed E-state index contributed by atoms with van der Waals surface area (Å²) in [6.07, 6.45) is 99.9. The van der Waals surface area contributed by atoms with Gasteiger partial charge < -0.3 is 20.3 Å². The lowest BCUT2D eigenvalue weighted by Gasteiger charge is -2.20. The fourth-order valence-corrected chi connectivity index (χ4v) is 12.6. The molecule has 6 nitrogen and oxygen atoms in total. The molecule has 0 spiro atoms. The minimum absolute atomic E-state index is 0.0164. The number of nitrogens with one attached hydrogen (secondary N) is 1. The first kappa shape index (κ1) is 85.1. The number of unbranched alkanes of at least 4 members (excludes halogenated alkanes) is 60. The molecule has 0 radical (unpaired) electrons. The van der Waals surface area contributed by atoms with Crippen molar-refractivity contribution in [2.75, 3.05) is 13.2 Å². The Bertz CT molecular complexity index is 1410. The highest BCUT2D eigenvalue weighted by Crippen LogP contribution is 2.20. The van der Waals surface area contributed by atoms with E-state index in [4.69, 9.17) is 4.74 Å². The Hall–Kier alpha value is -1.92. The molecule has 514 valence electrons. The molecular weight excluding hydrogens is 1070 g/mol. The van der Waals surface area contributed by atoms with Crippen LogP contribution in [0.2, 0.25) is 0 Å². The molecule has 0 fully saturated rings. The third-order valence-corrected chi connectivity index (χ3v) is 18.7. The number of carbonyl (C=O) groups is 2. The van der Waals surface area contributed by atoms with Crippen LogP contribution in [0.1, 0.15) is 444 Å². The lowest BCUT2D eigenvalue weighted by Crippen LogP contribution is -2.45. The summed E-state index contributed by atoms with van der Waals surface area (Å²) in [4.78, 5) is 24.6. The largest absolute Gasteiger partial charge is 0.466 e. The number of aliphatic hydroxyl groups excluding tert-OH is 2. The van der Waals surface area contributed by atoms with Gasteiger partial charge in [0.15, 0.2) is 0 Å². The number of hydrogen-bond donors (Lipinski definition) is 3. The molecule has 6 heteroatoms. The summed E-state index contributed by atoms with van der Waals surface area (Å²) < 4.78 is 5.51. The van der Waals surface area contributed by atoms with E-state index in [2.05, 4.69) is 43.5 Å². The van der Waals surface area contributed by atoms with E-state index in [-0.39, 0.29) is 18.5 Å². The number of esters is 1. The summed E-state index contributed by atoms with van der Waals surface area (Å²) in [5.41, 5.74) is 0. The topological polar surface area (TPSA) is 95.9 Å². The number of rotatable bonds is 75. The highest BCUT2D eigenvalue weighted by atomic mass is 16.5. The van der Waals surface area contributed by atoms with Gasteiger partial charge in [-0.05, 0) is 64.2 Å². The Morgan fingerprint density at radius 1 is 0.322 bits per heavy atom. The van der Waals surface area contributed by atoms with Gasteiger partial charge in [-0.15, -0.1) is 0 Å². The summed E-state index contributed by atoms with van der Waals surface area (Å²) in [5.74, 6) is -0.0430. The van der Waals surface area contributed by atoms with Crippen LogP contribution in [0, 0.1) is 0 Å². The monoisotopic (exact) mass is 1220 g/mol. The summed E-state index contributed by atoms with van der Waals surface area (Å²) in [5, 5.41) is 23.2. The second-order valence-corrected chi connectivity index (χ2v) is 27.4. The molecule has 0 aliphatic carbocycles. The van der Waals surface area contributed by atoms with Gasteiger partial charge in [0.25, 0.3) is 0 Å². The Kier molecular flexibility index (Phi) is 74.8. The highest BCUT2D eigenvalue weighted by Gasteiger charge is 2.18. The predicted octanol–water partition coefficient (Wildman–Crippen LogP) is 26.2. The molecule has 1 amide bonds.